The van der Waals surface area contributed by atoms with Gasteiger partial charge in [0.05, 0.1) is 18.5 Å². The van der Waals surface area contributed by atoms with Crippen molar-refractivity contribution >= 4 is 17.5 Å². The quantitative estimate of drug-likeness (QED) is 0.604. The van der Waals surface area contributed by atoms with Crippen LogP contribution in [0.2, 0.25) is 5.02 Å². The Morgan fingerprint density at radius 3 is 2.84 bits per heavy atom. The van der Waals surface area contributed by atoms with Crippen molar-refractivity contribution in [1.29, 1.82) is 0 Å². The number of nitrogens with zero attached hydrogens (tertiary/aromatic N) is 3. The van der Waals surface area contributed by atoms with Gasteiger partial charge in [0.25, 0.3) is 0 Å². The van der Waals surface area contributed by atoms with E-state index in [0.29, 0.717) is 35.4 Å². The van der Waals surface area contributed by atoms with Gasteiger partial charge >= 0.3 is 0 Å². The minimum absolute atomic E-state index is 0.0504. The molecule has 0 spiro atoms. The Morgan fingerprint density at radius 1 is 1.29 bits per heavy atom. The third kappa shape index (κ3) is 5.29. The maximum Gasteiger partial charge on any atom is 0.234 e. The molecule has 162 valence electrons. The molecule has 0 unspecified atom stereocenters. The lowest BCUT2D eigenvalue weighted by atomic mass is 9.98. The molecule has 1 N–H and O–H groups in total. The van der Waals surface area contributed by atoms with Gasteiger partial charge in [-0.15, -0.1) is 0 Å². The highest BCUT2D eigenvalue weighted by atomic mass is 35.5. The van der Waals surface area contributed by atoms with Crippen molar-refractivity contribution in [1.82, 2.24) is 20.4 Å². The molecule has 0 radical (unpaired) electrons. The van der Waals surface area contributed by atoms with E-state index in [2.05, 4.69) is 20.4 Å². The lowest BCUT2D eigenvalue weighted by Gasteiger charge is -2.30. The van der Waals surface area contributed by atoms with E-state index in [0.717, 1.165) is 24.9 Å². The van der Waals surface area contributed by atoms with E-state index in [4.69, 9.17) is 16.1 Å². The van der Waals surface area contributed by atoms with Gasteiger partial charge < -0.3 is 9.84 Å². The fourth-order valence-electron chi connectivity index (χ4n) is 3.91. The summed E-state index contributed by atoms with van der Waals surface area (Å²) < 4.78 is 18.6. The lowest BCUT2D eigenvalue weighted by Crippen LogP contribution is -2.42. The number of carbonyl (C=O) groups is 1. The molecule has 0 aliphatic carbocycles. The van der Waals surface area contributed by atoms with Crippen LogP contribution in [-0.4, -0.2) is 40.6 Å². The maximum absolute atomic E-state index is 13.1. The Morgan fingerprint density at radius 2 is 2.06 bits per heavy atom. The largest absolute Gasteiger partial charge is 0.348 e. The molecular formula is C23H24ClFN4O2. The molecule has 3 aromatic rings. The third-order valence-electron chi connectivity index (χ3n) is 5.52. The number of piperidine rings is 1. The minimum Gasteiger partial charge on any atom is -0.348 e. The van der Waals surface area contributed by atoms with Crippen LogP contribution in [0, 0.1) is 5.82 Å². The SMILES string of the molecule is C[C@@H](NC(=O)CN1CCC[C@@H](c2nc(-c3ccc(F)cc3)no2)C1)c1ccccc1Cl. The second-order valence-electron chi connectivity index (χ2n) is 7.85. The number of aromatic nitrogens is 2. The smallest absolute Gasteiger partial charge is 0.234 e. The molecule has 2 atom stereocenters. The first-order valence-corrected chi connectivity index (χ1v) is 10.7. The average Bonchev–Trinajstić information content (AvgIpc) is 3.25. The van der Waals surface area contributed by atoms with Gasteiger partial charge in [-0.05, 0) is 62.2 Å². The van der Waals surface area contributed by atoms with Gasteiger partial charge in [0.2, 0.25) is 17.6 Å². The molecule has 0 saturated carbocycles. The Balaban J connectivity index is 1.35. The predicted octanol–water partition coefficient (Wildman–Crippen LogP) is 4.59. The summed E-state index contributed by atoms with van der Waals surface area (Å²) in [5, 5.41) is 7.70. The van der Waals surface area contributed by atoms with E-state index in [-0.39, 0.29) is 23.7 Å². The average molecular weight is 443 g/mol. The number of halogens is 2. The van der Waals surface area contributed by atoms with Gasteiger partial charge in [0.1, 0.15) is 5.82 Å². The molecule has 31 heavy (non-hydrogen) atoms. The molecule has 8 heteroatoms. The molecule has 1 fully saturated rings. The Bertz CT molecular complexity index is 1040. The number of carbonyl (C=O) groups excluding carboxylic acids is 1. The molecule has 2 aromatic carbocycles. The van der Waals surface area contributed by atoms with E-state index in [1.807, 2.05) is 31.2 Å². The molecule has 1 saturated heterocycles. The summed E-state index contributed by atoms with van der Waals surface area (Å²) >= 11 is 6.23. The molecule has 1 aromatic heterocycles. The van der Waals surface area contributed by atoms with Gasteiger partial charge in [0.15, 0.2) is 0 Å². The van der Waals surface area contributed by atoms with E-state index in [9.17, 15) is 9.18 Å². The summed E-state index contributed by atoms with van der Waals surface area (Å²) in [6.07, 6.45) is 1.85. The summed E-state index contributed by atoms with van der Waals surface area (Å²) in [6, 6.07) is 13.3. The highest BCUT2D eigenvalue weighted by Crippen LogP contribution is 2.28. The zero-order valence-corrected chi connectivity index (χ0v) is 18.0. The van der Waals surface area contributed by atoms with Crippen LogP contribution < -0.4 is 5.32 Å². The van der Waals surface area contributed by atoms with Crippen molar-refractivity contribution in [3.8, 4) is 11.4 Å². The number of rotatable bonds is 6. The van der Waals surface area contributed by atoms with Crippen molar-refractivity contribution in [2.45, 2.75) is 31.7 Å². The fraction of sp³-hybridized carbons (Fsp3) is 0.348. The number of benzene rings is 2. The second kappa shape index (κ2) is 9.58. The highest BCUT2D eigenvalue weighted by molar-refractivity contribution is 6.31. The van der Waals surface area contributed by atoms with E-state index in [1.165, 1.54) is 12.1 Å². The number of likely N-dealkylation sites (tertiary alicyclic amines) is 1. The predicted molar refractivity (Wildman–Crippen MR) is 116 cm³/mol. The van der Waals surface area contributed by atoms with Crippen LogP contribution in [-0.2, 0) is 4.79 Å². The second-order valence-corrected chi connectivity index (χ2v) is 8.26. The maximum atomic E-state index is 13.1. The van der Waals surface area contributed by atoms with Crippen molar-refractivity contribution < 1.29 is 13.7 Å². The van der Waals surface area contributed by atoms with Gasteiger partial charge in [-0.3, -0.25) is 9.69 Å². The molecule has 0 bridgehead atoms. The molecule has 1 aliphatic rings. The van der Waals surface area contributed by atoms with Crippen LogP contribution in [0.15, 0.2) is 53.1 Å². The summed E-state index contributed by atoms with van der Waals surface area (Å²) in [6.45, 7) is 3.72. The monoisotopic (exact) mass is 442 g/mol. The molecule has 1 amide bonds. The summed E-state index contributed by atoms with van der Waals surface area (Å²) in [5.41, 5.74) is 1.60. The first-order chi connectivity index (χ1) is 15.0. The number of amides is 1. The van der Waals surface area contributed by atoms with Crippen LogP contribution in [0.3, 0.4) is 0 Å². The Kier molecular flexibility index (Phi) is 6.63. The van der Waals surface area contributed by atoms with Crippen molar-refractivity contribution in [3.63, 3.8) is 0 Å². The number of hydrogen-bond donors (Lipinski definition) is 1. The Hall–Kier alpha value is -2.77. The van der Waals surface area contributed by atoms with Crippen molar-refractivity contribution in [3.05, 3.63) is 70.8 Å². The summed E-state index contributed by atoms with van der Waals surface area (Å²) in [5.74, 6) is 0.694. The van der Waals surface area contributed by atoms with Gasteiger partial charge in [0, 0.05) is 17.1 Å². The zero-order valence-electron chi connectivity index (χ0n) is 17.2. The van der Waals surface area contributed by atoms with E-state index >= 15 is 0 Å². The molecule has 4 rings (SSSR count). The molecule has 6 nitrogen and oxygen atoms in total. The van der Waals surface area contributed by atoms with Crippen LogP contribution >= 0.6 is 11.6 Å². The zero-order chi connectivity index (χ0) is 21.8. The summed E-state index contributed by atoms with van der Waals surface area (Å²) in [4.78, 5) is 19.2. The minimum atomic E-state index is -0.308. The number of hydrogen-bond acceptors (Lipinski definition) is 5. The molecule has 2 heterocycles. The van der Waals surface area contributed by atoms with Gasteiger partial charge in [-0.1, -0.05) is 35.0 Å². The van der Waals surface area contributed by atoms with Crippen molar-refractivity contribution in [2.24, 2.45) is 0 Å². The van der Waals surface area contributed by atoms with Crippen LogP contribution in [0.5, 0.6) is 0 Å². The highest BCUT2D eigenvalue weighted by Gasteiger charge is 2.27. The van der Waals surface area contributed by atoms with Gasteiger partial charge in [-0.25, -0.2) is 4.39 Å². The third-order valence-corrected chi connectivity index (χ3v) is 5.86. The first-order valence-electron chi connectivity index (χ1n) is 10.4. The first kappa shape index (κ1) is 21.5. The van der Waals surface area contributed by atoms with Crippen LogP contribution in [0.25, 0.3) is 11.4 Å². The molecular weight excluding hydrogens is 419 g/mol. The summed E-state index contributed by atoms with van der Waals surface area (Å²) in [7, 11) is 0. The van der Waals surface area contributed by atoms with Crippen LogP contribution in [0.1, 0.15) is 43.2 Å². The van der Waals surface area contributed by atoms with Gasteiger partial charge in [-0.2, -0.15) is 4.98 Å². The molecule has 1 aliphatic heterocycles. The van der Waals surface area contributed by atoms with Crippen LogP contribution in [0.4, 0.5) is 4.39 Å². The lowest BCUT2D eigenvalue weighted by molar-refractivity contribution is -0.123. The standard InChI is InChI=1S/C23H24ClFN4O2/c1-15(19-6-2-3-7-20(19)24)26-21(30)14-29-12-4-5-17(13-29)23-27-22(28-31-23)16-8-10-18(25)11-9-16/h2-3,6-11,15,17H,4-5,12-14H2,1H3,(H,26,30)/t15-,17-/m1/s1. The van der Waals surface area contributed by atoms with Crippen molar-refractivity contribution in [2.75, 3.05) is 19.6 Å². The normalized spacial score (nSPS) is 18.0. The Labute approximate surface area is 185 Å². The topological polar surface area (TPSA) is 71.3 Å². The fourth-order valence-corrected chi connectivity index (χ4v) is 4.21. The van der Waals surface area contributed by atoms with E-state index < -0.39 is 0 Å². The number of nitrogens with one attached hydrogen (secondary N) is 1. The van der Waals surface area contributed by atoms with E-state index in [1.54, 1.807) is 12.1 Å².